The van der Waals surface area contributed by atoms with Crippen LogP contribution >= 0.6 is 0 Å². The summed E-state index contributed by atoms with van der Waals surface area (Å²) in [4.78, 5) is 15.7. The number of rotatable bonds is 8. The van der Waals surface area contributed by atoms with E-state index in [0.29, 0.717) is 24.8 Å². The minimum absolute atomic E-state index is 0.119. The molecule has 106 valence electrons. The summed E-state index contributed by atoms with van der Waals surface area (Å²) in [6.07, 6.45) is 0.834. The van der Waals surface area contributed by atoms with E-state index in [9.17, 15) is 4.79 Å². The van der Waals surface area contributed by atoms with Gasteiger partial charge in [-0.3, -0.25) is 4.79 Å². The number of ether oxygens (including phenoxy) is 3. The lowest BCUT2D eigenvalue weighted by atomic mass is 10.3. The average molecular weight is 269 g/mol. The molecule has 1 rings (SSSR count). The molecular formula is C12H19N3O4. The first-order valence-corrected chi connectivity index (χ1v) is 5.82. The zero-order valence-electron chi connectivity index (χ0n) is 11.1. The molecule has 0 spiro atoms. The van der Waals surface area contributed by atoms with Crippen molar-refractivity contribution >= 4 is 11.6 Å². The van der Waals surface area contributed by atoms with Crippen molar-refractivity contribution in [2.45, 2.75) is 6.10 Å². The van der Waals surface area contributed by atoms with Crippen molar-refractivity contribution < 1.29 is 19.0 Å². The van der Waals surface area contributed by atoms with Crippen LogP contribution in [0, 0.1) is 0 Å². The SMILES string of the molecule is COCCOc1ccc(NC(=O)C(CN)OC)cn1. The topological polar surface area (TPSA) is 95.7 Å². The Morgan fingerprint density at radius 3 is 2.74 bits per heavy atom. The molecule has 0 fully saturated rings. The van der Waals surface area contributed by atoms with Crippen molar-refractivity contribution in [3.8, 4) is 5.88 Å². The second kappa shape index (κ2) is 8.41. The fraction of sp³-hybridized carbons (Fsp3) is 0.500. The molecule has 7 nitrogen and oxygen atoms in total. The second-order valence-corrected chi connectivity index (χ2v) is 3.68. The highest BCUT2D eigenvalue weighted by Gasteiger charge is 2.15. The number of pyridine rings is 1. The number of methoxy groups -OCH3 is 2. The van der Waals surface area contributed by atoms with Crippen LogP contribution < -0.4 is 15.8 Å². The van der Waals surface area contributed by atoms with Gasteiger partial charge in [0.2, 0.25) is 5.88 Å². The molecule has 0 aromatic carbocycles. The molecule has 1 unspecified atom stereocenters. The highest BCUT2D eigenvalue weighted by molar-refractivity contribution is 5.94. The number of nitrogens with one attached hydrogen (secondary N) is 1. The Hall–Kier alpha value is -1.70. The number of nitrogens with zero attached hydrogens (tertiary/aromatic N) is 1. The standard InChI is InChI=1S/C12H19N3O4/c1-17-5-6-19-11-4-3-9(8-14-11)15-12(16)10(7-13)18-2/h3-4,8,10H,5-7,13H2,1-2H3,(H,15,16). The molecule has 1 heterocycles. The number of hydrogen-bond donors (Lipinski definition) is 2. The van der Waals surface area contributed by atoms with E-state index in [0.717, 1.165) is 0 Å². The second-order valence-electron chi connectivity index (χ2n) is 3.68. The zero-order chi connectivity index (χ0) is 14.1. The fourth-order valence-electron chi connectivity index (χ4n) is 1.30. The molecule has 0 saturated carbocycles. The molecule has 3 N–H and O–H groups in total. The first-order valence-electron chi connectivity index (χ1n) is 5.82. The molecule has 0 aliphatic carbocycles. The van der Waals surface area contributed by atoms with E-state index >= 15 is 0 Å². The molecule has 19 heavy (non-hydrogen) atoms. The molecule has 0 radical (unpaired) electrons. The van der Waals surface area contributed by atoms with Gasteiger partial charge in [-0.1, -0.05) is 0 Å². The van der Waals surface area contributed by atoms with E-state index in [4.69, 9.17) is 19.9 Å². The van der Waals surface area contributed by atoms with Gasteiger partial charge in [0.05, 0.1) is 18.5 Å². The van der Waals surface area contributed by atoms with Crippen LogP contribution in [0.15, 0.2) is 18.3 Å². The van der Waals surface area contributed by atoms with Gasteiger partial charge in [-0.15, -0.1) is 0 Å². The van der Waals surface area contributed by atoms with Crippen LogP contribution in [0.3, 0.4) is 0 Å². The summed E-state index contributed by atoms with van der Waals surface area (Å²) in [6.45, 7) is 1.04. The lowest BCUT2D eigenvalue weighted by molar-refractivity contribution is -0.125. The van der Waals surface area contributed by atoms with Crippen LogP contribution in [0.1, 0.15) is 0 Å². The fourth-order valence-corrected chi connectivity index (χ4v) is 1.30. The molecule has 1 amide bonds. The number of carbonyl (C=O) groups is 1. The Bertz CT molecular complexity index is 379. The molecule has 0 saturated heterocycles. The van der Waals surface area contributed by atoms with Crippen LogP contribution in [0.4, 0.5) is 5.69 Å². The molecule has 1 aromatic heterocycles. The largest absolute Gasteiger partial charge is 0.475 e. The van der Waals surface area contributed by atoms with Gasteiger partial charge in [-0.2, -0.15) is 0 Å². The summed E-state index contributed by atoms with van der Waals surface area (Å²) in [6, 6.07) is 3.35. The van der Waals surface area contributed by atoms with Gasteiger partial charge in [0.25, 0.3) is 5.91 Å². The quantitative estimate of drug-likeness (QED) is 0.646. The number of amides is 1. The smallest absolute Gasteiger partial charge is 0.254 e. The molecule has 1 aromatic rings. The number of anilines is 1. The molecule has 0 bridgehead atoms. The Morgan fingerprint density at radius 2 is 2.21 bits per heavy atom. The van der Waals surface area contributed by atoms with Crippen LogP contribution in [0.5, 0.6) is 5.88 Å². The first-order chi connectivity index (χ1) is 9.21. The maximum Gasteiger partial charge on any atom is 0.254 e. The third kappa shape index (κ3) is 5.21. The van der Waals surface area contributed by atoms with Gasteiger partial charge in [0.15, 0.2) is 0 Å². The maximum absolute atomic E-state index is 11.7. The summed E-state index contributed by atoms with van der Waals surface area (Å²) in [5.74, 6) is 0.164. The summed E-state index contributed by atoms with van der Waals surface area (Å²) in [5.41, 5.74) is 5.95. The summed E-state index contributed by atoms with van der Waals surface area (Å²) in [5, 5.41) is 2.65. The zero-order valence-corrected chi connectivity index (χ0v) is 11.1. The third-order valence-electron chi connectivity index (χ3n) is 2.33. The van der Waals surface area contributed by atoms with Gasteiger partial charge in [-0.05, 0) is 6.07 Å². The van der Waals surface area contributed by atoms with Crippen LogP contribution in [0.2, 0.25) is 0 Å². The Labute approximate surface area is 112 Å². The predicted molar refractivity (Wildman–Crippen MR) is 70.1 cm³/mol. The van der Waals surface area contributed by atoms with Crippen molar-refractivity contribution in [1.82, 2.24) is 4.98 Å². The van der Waals surface area contributed by atoms with Crippen molar-refractivity contribution in [2.24, 2.45) is 5.73 Å². The summed E-state index contributed by atoms with van der Waals surface area (Å²) < 4.78 is 15.1. The molecular weight excluding hydrogens is 250 g/mol. The average Bonchev–Trinajstić information content (AvgIpc) is 2.42. The number of carbonyl (C=O) groups excluding carboxylic acids is 1. The van der Waals surface area contributed by atoms with Crippen molar-refractivity contribution in [3.63, 3.8) is 0 Å². The van der Waals surface area contributed by atoms with Crippen LogP contribution in [-0.4, -0.2) is 51.0 Å². The van der Waals surface area contributed by atoms with E-state index in [1.54, 1.807) is 19.2 Å². The normalized spacial score (nSPS) is 11.9. The van der Waals surface area contributed by atoms with Gasteiger partial charge < -0.3 is 25.3 Å². The van der Waals surface area contributed by atoms with Gasteiger partial charge >= 0.3 is 0 Å². The first kappa shape index (κ1) is 15.4. The molecule has 0 aliphatic heterocycles. The van der Waals surface area contributed by atoms with Crippen molar-refractivity contribution in [2.75, 3.05) is 39.3 Å². The Morgan fingerprint density at radius 1 is 1.42 bits per heavy atom. The number of aromatic nitrogens is 1. The monoisotopic (exact) mass is 269 g/mol. The van der Waals surface area contributed by atoms with Crippen molar-refractivity contribution in [3.05, 3.63) is 18.3 Å². The molecule has 0 aliphatic rings. The van der Waals surface area contributed by atoms with Crippen LogP contribution in [-0.2, 0) is 14.3 Å². The van der Waals surface area contributed by atoms with E-state index in [-0.39, 0.29) is 12.5 Å². The van der Waals surface area contributed by atoms with Gasteiger partial charge in [0.1, 0.15) is 12.7 Å². The van der Waals surface area contributed by atoms with E-state index < -0.39 is 6.10 Å². The van der Waals surface area contributed by atoms with Crippen LogP contribution in [0.25, 0.3) is 0 Å². The lowest BCUT2D eigenvalue weighted by Gasteiger charge is -2.13. The minimum atomic E-state index is -0.669. The van der Waals surface area contributed by atoms with E-state index in [1.165, 1.54) is 13.3 Å². The number of hydrogen-bond acceptors (Lipinski definition) is 6. The predicted octanol–water partition coefficient (Wildman–Crippen LogP) is 0.0190. The molecule has 1 atom stereocenters. The highest BCUT2D eigenvalue weighted by Crippen LogP contribution is 2.12. The number of nitrogens with two attached hydrogens (primary N) is 1. The maximum atomic E-state index is 11.7. The third-order valence-corrected chi connectivity index (χ3v) is 2.33. The lowest BCUT2D eigenvalue weighted by Crippen LogP contribution is -2.35. The Kier molecular flexibility index (Phi) is 6.80. The highest BCUT2D eigenvalue weighted by atomic mass is 16.5. The minimum Gasteiger partial charge on any atom is -0.475 e. The van der Waals surface area contributed by atoms with Gasteiger partial charge in [0, 0.05) is 26.8 Å². The van der Waals surface area contributed by atoms with Gasteiger partial charge in [-0.25, -0.2) is 4.98 Å². The summed E-state index contributed by atoms with van der Waals surface area (Å²) in [7, 11) is 3.03. The summed E-state index contributed by atoms with van der Waals surface area (Å²) >= 11 is 0. The van der Waals surface area contributed by atoms with E-state index in [1.807, 2.05) is 0 Å². The van der Waals surface area contributed by atoms with E-state index in [2.05, 4.69) is 10.3 Å². The van der Waals surface area contributed by atoms with Crippen molar-refractivity contribution in [1.29, 1.82) is 0 Å². The molecule has 7 heteroatoms. The Balaban J connectivity index is 2.49.